The molecule has 4 nitrogen and oxygen atoms in total. The lowest BCUT2D eigenvalue weighted by Gasteiger charge is -2.17. The SMILES string of the molecule is CCC(CC1CC1)Nc1cc(NC)ncn1. The number of rotatable bonds is 6. The third kappa shape index (κ3) is 3.08. The molecule has 1 aromatic rings. The van der Waals surface area contributed by atoms with Crippen LogP contribution in [0, 0.1) is 5.92 Å². The van der Waals surface area contributed by atoms with E-state index < -0.39 is 0 Å². The Kier molecular flexibility index (Phi) is 3.59. The molecule has 0 saturated heterocycles. The van der Waals surface area contributed by atoms with Crippen LogP contribution in [0.15, 0.2) is 12.4 Å². The van der Waals surface area contributed by atoms with Gasteiger partial charge in [-0.3, -0.25) is 0 Å². The molecule has 88 valence electrons. The molecular formula is C12H20N4. The van der Waals surface area contributed by atoms with Crippen molar-refractivity contribution in [2.24, 2.45) is 5.92 Å². The minimum atomic E-state index is 0.548. The third-order valence-electron chi connectivity index (χ3n) is 3.08. The molecule has 1 atom stereocenters. The molecule has 1 fully saturated rings. The van der Waals surface area contributed by atoms with Gasteiger partial charge < -0.3 is 10.6 Å². The van der Waals surface area contributed by atoms with Crippen molar-refractivity contribution in [3.05, 3.63) is 12.4 Å². The van der Waals surface area contributed by atoms with E-state index in [1.165, 1.54) is 19.3 Å². The first-order chi connectivity index (χ1) is 7.81. The first-order valence-corrected chi connectivity index (χ1v) is 6.08. The summed E-state index contributed by atoms with van der Waals surface area (Å²) in [7, 11) is 1.87. The number of hydrogen-bond acceptors (Lipinski definition) is 4. The van der Waals surface area contributed by atoms with Crippen molar-refractivity contribution in [2.45, 2.75) is 38.6 Å². The fourth-order valence-corrected chi connectivity index (χ4v) is 1.87. The summed E-state index contributed by atoms with van der Waals surface area (Å²) < 4.78 is 0. The summed E-state index contributed by atoms with van der Waals surface area (Å²) in [6, 6.07) is 2.50. The van der Waals surface area contributed by atoms with Crippen LogP contribution in [0.25, 0.3) is 0 Å². The second-order valence-corrected chi connectivity index (χ2v) is 4.47. The molecule has 0 bridgehead atoms. The highest BCUT2D eigenvalue weighted by Gasteiger charge is 2.24. The van der Waals surface area contributed by atoms with Crippen molar-refractivity contribution in [2.75, 3.05) is 17.7 Å². The van der Waals surface area contributed by atoms with Crippen molar-refractivity contribution in [3.8, 4) is 0 Å². The molecule has 1 unspecified atom stereocenters. The van der Waals surface area contributed by atoms with Gasteiger partial charge in [-0.2, -0.15) is 0 Å². The van der Waals surface area contributed by atoms with Crippen molar-refractivity contribution in [3.63, 3.8) is 0 Å². The van der Waals surface area contributed by atoms with Gasteiger partial charge in [-0.15, -0.1) is 0 Å². The largest absolute Gasteiger partial charge is 0.373 e. The molecule has 2 rings (SSSR count). The molecule has 0 amide bonds. The first-order valence-electron chi connectivity index (χ1n) is 6.08. The fraction of sp³-hybridized carbons (Fsp3) is 0.667. The number of nitrogens with zero attached hydrogens (tertiary/aromatic N) is 2. The second-order valence-electron chi connectivity index (χ2n) is 4.47. The Morgan fingerprint density at radius 1 is 1.38 bits per heavy atom. The van der Waals surface area contributed by atoms with Gasteiger partial charge in [-0.05, 0) is 18.8 Å². The van der Waals surface area contributed by atoms with E-state index in [2.05, 4.69) is 27.5 Å². The predicted molar refractivity (Wildman–Crippen MR) is 66.6 cm³/mol. The summed E-state index contributed by atoms with van der Waals surface area (Å²) in [5.74, 6) is 2.73. The lowest BCUT2D eigenvalue weighted by atomic mass is 10.1. The highest BCUT2D eigenvalue weighted by Crippen LogP contribution is 2.34. The summed E-state index contributed by atoms with van der Waals surface area (Å²) in [4.78, 5) is 8.34. The average Bonchev–Trinajstić information content (AvgIpc) is 3.12. The van der Waals surface area contributed by atoms with E-state index >= 15 is 0 Å². The molecular weight excluding hydrogens is 200 g/mol. The summed E-state index contributed by atoms with van der Waals surface area (Å²) in [6.07, 6.45) is 6.83. The molecule has 4 heteroatoms. The van der Waals surface area contributed by atoms with E-state index in [1.807, 2.05) is 13.1 Å². The Hall–Kier alpha value is -1.32. The fourth-order valence-electron chi connectivity index (χ4n) is 1.87. The Balaban J connectivity index is 1.94. The molecule has 16 heavy (non-hydrogen) atoms. The zero-order valence-electron chi connectivity index (χ0n) is 10.0. The van der Waals surface area contributed by atoms with Crippen LogP contribution in [0.2, 0.25) is 0 Å². The zero-order chi connectivity index (χ0) is 11.4. The van der Waals surface area contributed by atoms with Crippen LogP contribution in [0.5, 0.6) is 0 Å². The normalized spacial score (nSPS) is 16.9. The van der Waals surface area contributed by atoms with Crippen molar-refractivity contribution in [1.82, 2.24) is 9.97 Å². The van der Waals surface area contributed by atoms with E-state index in [4.69, 9.17) is 0 Å². The minimum absolute atomic E-state index is 0.548. The highest BCUT2D eigenvalue weighted by molar-refractivity contribution is 5.46. The van der Waals surface area contributed by atoms with Gasteiger partial charge in [0.2, 0.25) is 0 Å². The molecule has 1 saturated carbocycles. The van der Waals surface area contributed by atoms with Crippen LogP contribution in [0.3, 0.4) is 0 Å². The summed E-state index contributed by atoms with van der Waals surface area (Å²) in [5.41, 5.74) is 0. The molecule has 0 spiro atoms. The number of aromatic nitrogens is 2. The summed E-state index contributed by atoms with van der Waals surface area (Å²) in [5, 5.41) is 6.50. The Labute approximate surface area is 96.9 Å². The maximum Gasteiger partial charge on any atom is 0.131 e. The smallest absolute Gasteiger partial charge is 0.131 e. The van der Waals surface area contributed by atoms with Crippen molar-refractivity contribution in [1.29, 1.82) is 0 Å². The molecule has 1 heterocycles. The second kappa shape index (κ2) is 5.14. The van der Waals surface area contributed by atoms with Crippen LogP contribution in [0.4, 0.5) is 11.6 Å². The zero-order valence-corrected chi connectivity index (χ0v) is 10.0. The van der Waals surface area contributed by atoms with Gasteiger partial charge in [0.1, 0.15) is 18.0 Å². The average molecular weight is 220 g/mol. The van der Waals surface area contributed by atoms with E-state index in [1.54, 1.807) is 6.33 Å². The molecule has 0 radical (unpaired) electrons. The van der Waals surface area contributed by atoms with Gasteiger partial charge in [0.05, 0.1) is 0 Å². The van der Waals surface area contributed by atoms with Gasteiger partial charge in [0, 0.05) is 19.2 Å². The lowest BCUT2D eigenvalue weighted by Crippen LogP contribution is -2.20. The van der Waals surface area contributed by atoms with E-state index in [9.17, 15) is 0 Å². The van der Waals surface area contributed by atoms with E-state index in [0.717, 1.165) is 24.0 Å². The van der Waals surface area contributed by atoms with Crippen molar-refractivity contribution >= 4 is 11.6 Å². The Morgan fingerprint density at radius 3 is 2.75 bits per heavy atom. The number of nitrogens with one attached hydrogen (secondary N) is 2. The minimum Gasteiger partial charge on any atom is -0.373 e. The van der Waals surface area contributed by atoms with Crippen LogP contribution in [0.1, 0.15) is 32.6 Å². The highest BCUT2D eigenvalue weighted by atomic mass is 15.1. The Morgan fingerprint density at radius 2 is 2.12 bits per heavy atom. The maximum atomic E-state index is 4.24. The molecule has 1 aliphatic carbocycles. The van der Waals surface area contributed by atoms with Crippen LogP contribution in [-0.4, -0.2) is 23.1 Å². The Bertz CT molecular complexity index is 336. The maximum absolute atomic E-state index is 4.24. The van der Waals surface area contributed by atoms with Crippen molar-refractivity contribution < 1.29 is 0 Å². The summed E-state index contributed by atoms with van der Waals surface area (Å²) >= 11 is 0. The topological polar surface area (TPSA) is 49.8 Å². The van der Waals surface area contributed by atoms with Crippen LogP contribution < -0.4 is 10.6 Å². The van der Waals surface area contributed by atoms with Gasteiger partial charge in [-0.1, -0.05) is 19.8 Å². The number of anilines is 2. The molecule has 1 aromatic heterocycles. The standard InChI is InChI=1S/C12H20N4/c1-3-10(6-9-4-5-9)16-12-7-11(13-2)14-8-15-12/h7-10H,3-6H2,1-2H3,(H2,13,14,15,16). The van der Waals surface area contributed by atoms with E-state index in [-0.39, 0.29) is 0 Å². The monoisotopic (exact) mass is 220 g/mol. The summed E-state index contributed by atoms with van der Waals surface area (Å²) in [6.45, 7) is 2.22. The molecule has 2 N–H and O–H groups in total. The molecule has 0 aliphatic heterocycles. The van der Waals surface area contributed by atoms with Gasteiger partial charge in [-0.25, -0.2) is 9.97 Å². The van der Waals surface area contributed by atoms with E-state index in [0.29, 0.717) is 6.04 Å². The van der Waals surface area contributed by atoms with Gasteiger partial charge >= 0.3 is 0 Å². The van der Waals surface area contributed by atoms with Gasteiger partial charge in [0.15, 0.2) is 0 Å². The molecule has 0 aromatic carbocycles. The number of hydrogen-bond donors (Lipinski definition) is 2. The third-order valence-corrected chi connectivity index (χ3v) is 3.08. The lowest BCUT2D eigenvalue weighted by molar-refractivity contribution is 0.585. The first kappa shape index (κ1) is 11.2. The van der Waals surface area contributed by atoms with Crippen LogP contribution >= 0.6 is 0 Å². The predicted octanol–water partition coefficient (Wildman–Crippen LogP) is 2.51. The quantitative estimate of drug-likeness (QED) is 0.773. The molecule has 1 aliphatic rings. The van der Waals surface area contributed by atoms with Gasteiger partial charge in [0.25, 0.3) is 0 Å². The van der Waals surface area contributed by atoms with Crippen LogP contribution in [-0.2, 0) is 0 Å².